The van der Waals surface area contributed by atoms with E-state index < -0.39 is 0 Å². The van der Waals surface area contributed by atoms with Crippen molar-refractivity contribution in [1.82, 2.24) is 15.2 Å². The topological polar surface area (TPSA) is 75.4 Å². The van der Waals surface area contributed by atoms with Crippen molar-refractivity contribution in [3.05, 3.63) is 68.9 Å². The van der Waals surface area contributed by atoms with Crippen molar-refractivity contribution in [2.75, 3.05) is 19.6 Å². The van der Waals surface area contributed by atoms with Gasteiger partial charge in [-0.1, -0.05) is 28.1 Å². The lowest BCUT2D eigenvalue weighted by Gasteiger charge is -2.31. The predicted molar refractivity (Wildman–Crippen MR) is 129 cm³/mol. The van der Waals surface area contributed by atoms with Crippen molar-refractivity contribution in [1.29, 1.82) is 0 Å². The molecule has 2 aromatic heterocycles. The zero-order chi connectivity index (χ0) is 22.5. The van der Waals surface area contributed by atoms with E-state index in [-0.39, 0.29) is 18.4 Å². The molecular formula is C24H24BrN3O3S. The lowest BCUT2D eigenvalue weighted by Crippen LogP contribution is -2.43. The van der Waals surface area contributed by atoms with E-state index in [1.165, 1.54) is 11.0 Å². The van der Waals surface area contributed by atoms with Gasteiger partial charge < -0.3 is 14.6 Å². The molecule has 1 aliphatic heterocycles. The van der Waals surface area contributed by atoms with Gasteiger partial charge >= 0.3 is 0 Å². The number of furan rings is 1. The molecule has 0 saturated carbocycles. The van der Waals surface area contributed by atoms with E-state index in [2.05, 4.69) is 40.3 Å². The second-order valence-electron chi connectivity index (χ2n) is 7.69. The smallest absolute Gasteiger partial charge is 0.244 e. The number of rotatable bonds is 6. The van der Waals surface area contributed by atoms with Gasteiger partial charge in [-0.15, -0.1) is 11.3 Å². The van der Waals surface area contributed by atoms with Crippen LogP contribution in [0.2, 0.25) is 0 Å². The largest absolute Gasteiger partial charge is 0.465 e. The van der Waals surface area contributed by atoms with Crippen molar-refractivity contribution in [3.63, 3.8) is 0 Å². The third-order valence-corrected chi connectivity index (χ3v) is 7.15. The van der Waals surface area contributed by atoms with Gasteiger partial charge in [0.25, 0.3) is 0 Å². The predicted octanol–water partition coefficient (Wildman–Crippen LogP) is 5.01. The van der Waals surface area contributed by atoms with Gasteiger partial charge in [-0.2, -0.15) is 0 Å². The van der Waals surface area contributed by atoms with Crippen LogP contribution in [-0.2, 0) is 9.59 Å². The number of hydrogen-bond donors (Lipinski definition) is 1. The molecule has 1 saturated heterocycles. The maximum Gasteiger partial charge on any atom is 0.244 e. The van der Waals surface area contributed by atoms with Crippen molar-refractivity contribution >= 4 is 45.2 Å². The van der Waals surface area contributed by atoms with Gasteiger partial charge in [0.2, 0.25) is 11.8 Å². The first-order valence-electron chi connectivity index (χ1n) is 10.5. The van der Waals surface area contributed by atoms with Crippen LogP contribution in [0.5, 0.6) is 0 Å². The van der Waals surface area contributed by atoms with E-state index in [1.807, 2.05) is 17.0 Å². The van der Waals surface area contributed by atoms with E-state index in [0.29, 0.717) is 24.8 Å². The molecule has 4 rings (SSSR count). The average molecular weight is 514 g/mol. The van der Waals surface area contributed by atoms with Gasteiger partial charge in [0.15, 0.2) is 0 Å². The summed E-state index contributed by atoms with van der Waals surface area (Å²) in [6.45, 7) is 3.46. The summed E-state index contributed by atoms with van der Waals surface area (Å²) >= 11 is 5.23. The molecule has 3 aromatic rings. The van der Waals surface area contributed by atoms with Gasteiger partial charge in [0, 0.05) is 40.0 Å². The highest BCUT2D eigenvalue weighted by Crippen LogP contribution is 2.36. The molecule has 0 unspecified atom stereocenters. The number of amides is 2. The number of benzene rings is 1. The molecule has 3 heterocycles. The summed E-state index contributed by atoms with van der Waals surface area (Å²) in [5, 5.41) is 3.79. The highest BCUT2D eigenvalue weighted by molar-refractivity contribution is 9.10. The molecule has 6 nitrogen and oxygen atoms in total. The second-order valence-corrected chi connectivity index (χ2v) is 9.84. The van der Waals surface area contributed by atoms with Crippen LogP contribution >= 0.6 is 27.3 Å². The van der Waals surface area contributed by atoms with E-state index in [9.17, 15) is 9.59 Å². The molecule has 1 N–H and O–H groups in total. The van der Waals surface area contributed by atoms with Gasteiger partial charge in [0.1, 0.15) is 5.76 Å². The molecule has 1 aromatic carbocycles. The third kappa shape index (κ3) is 5.55. The van der Waals surface area contributed by atoms with E-state index in [0.717, 1.165) is 33.6 Å². The van der Waals surface area contributed by atoms with E-state index in [1.54, 1.807) is 35.8 Å². The zero-order valence-corrected chi connectivity index (χ0v) is 20.1. The van der Waals surface area contributed by atoms with Crippen LogP contribution in [0.3, 0.4) is 0 Å². The Morgan fingerprint density at radius 2 is 2.00 bits per heavy atom. The van der Waals surface area contributed by atoms with E-state index in [4.69, 9.17) is 9.40 Å². The Kier molecular flexibility index (Phi) is 7.22. The number of carbonyl (C=O) groups excluding carboxylic acids is 2. The normalized spacial score (nSPS) is 14.8. The third-order valence-electron chi connectivity index (χ3n) is 5.48. The number of piperidine rings is 1. The minimum Gasteiger partial charge on any atom is -0.465 e. The van der Waals surface area contributed by atoms with Crippen LogP contribution in [0.1, 0.15) is 34.4 Å². The number of aryl methyl sites for hydroxylation is 1. The summed E-state index contributed by atoms with van der Waals surface area (Å²) in [6.07, 6.45) is 6.24. The van der Waals surface area contributed by atoms with Gasteiger partial charge in [0.05, 0.1) is 23.5 Å². The molecule has 0 spiro atoms. The fourth-order valence-electron chi connectivity index (χ4n) is 3.72. The van der Waals surface area contributed by atoms with Crippen LogP contribution in [0.25, 0.3) is 17.3 Å². The molecule has 8 heteroatoms. The Hall–Kier alpha value is -2.71. The maximum atomic E-state index is 12.5. The summed E-state index contributed by atoms with van der Waals surface area (Å²) in [6, 6.07) is 11.7. The monoisotopic (exact) mass is 513 g/mol. The van der Waals surface area contributed by atoms with Crippen LogP contribution in [0.4, 0.5) is 0 Å². The number of likely N-dealkylation sites (tertiary alicyclic amines) is 1. The fourth-order valence-corrected chi connectivity index (χ4v) is 5.10. The summed E-state index contributed by atoms with van der Waals surface area (Å²) in [5.74, 6) is 0.574. The molecule has 0 radical (unpaired) electrons. The Bertz CT molecular complexity index is 1100. The Balaban J connectivity index is 1.27. The van der Waals surface area contributed by atoms with Gasteiger partial charge in [-0.05, 0) is 50.1 Å². The van der Waals surface area contributed by atoms with Gasteiger partial charge in [-0.3, -0.25) is 9.59 Å². The lowest BCUT2D eigenvalue weighted by atomic mass is 9.97. The zero-order valence-electron chi connectivity index (χ0n) is 17.7. The second kappa shape index (κ2) is 10.3. The molecule has 0 bridgehead atoms. The summed E-state index contributed by atoms with van der Waals surface area (Å²) in [7, 11) is 0. The molecule has 2 amide bonds. The lowest BCUT2D eigenvalue weighted by molar-refractivity contribution is -0.133. The molecule has 1 aliphatic rings. The first-order valence-corrected chi connectivity index (χ1v) is 12.1. The number of nitrogens with one attached hydrogen (secondary N) is 1. The first-order chi connectivity index (χ1) is 15.5. The number of aromatic nitrogens is 1. The fraction of sp³-hybridized carbons (Fsp3) is 0.292. The number of thiazole rings is 1. The van der Waals surface area contributed by atoms with Gasteiger partial charge in [-0.25, -0.2) is 4.98 Å². The number of nitrogens with zero attached hydrogens (tertiary/aromatic N) is 2. The SMILES string of the molecule is Cc1sc(C2CCN(C(=O)CNC(=O)/C=C\c3ccco3)CC2)nc1-c1ccc(Br)cc1. The molecular weight excluding hydrogens is 490 g/mol. The highest BCUT2D eigenvalue weighted by Gasteiger charge is 2.26. The Morgan fingerprint density at radius 3 is 2.69 bits per heavy atom. The molecule has 32 heavy (non-hydrogen) atoms. The molecule has 0 aliphatic carbocycles. The quantitative estimate of drug-likeness (QED) is 0.470. The minimum absolute atomic E-state index is 0.00390. The molecule has 166 valence electrons. The Labute approximate surface area is 199 Å². The standard InChI is InChI=1S/C24H24BrN3O3S/c1-16-23(17-4-6-19(25)7-5-17)27-24(32-16)18-10-12-28(13-11-18)22(30)15-26-21(29)9-8-20-3-2-14-31-20/h2-9,14,18H,10-13,15H2,1H3,(H,26,29)/b9-8-. The molecule has 0 atom stereocenters. The number of carbonyl (C=O) groups is 2. The van der Waals surface area contributed by atoms with Crippen LogP contribution in [-0.4, -0.2) is 41.3 Å². The first kappa shape index (κ1) is 22.5. The van der Waals surface area contributed by atoms with Crippen LogP contribution in [0, 0.1) is 6.92 Å². The number of hydrogen-bond acceptors (Lipinski definition) is 5. The number of halogens is 1. The van der Waals surface area contributed by atoms with Crippen molar-refractivity contribution < 1.29 is 14.0 Å². The van der Waals surface area contributed by atoms with Crippen LogP contribution in [0.15, 0.2) is 57.6 Å². The average Bonchev–Trinajstić information content (AvgIpc) is 3.46. The highest BCUT2D eigenvalue weighted by atomic mass is 79.9. The maximum absolute atomic E-state index is 12.5. The summed E-state index contributed by atoms with van der Waals surface area (Å²) in [5.41, 5.74) is 2.17. The minimum atomic E-state index is -0.316. The Morgan fingerprint density at radius 1 is 1.25 bits per heavy atom. The molecule has 1 fully saturated rings. The van der Waals surface area contributed by atoms with Crippen molar-refractivity contribution in [3.8, 4) is 11.3 Å². The van der Waals surface area contributed by atoms with Crippen molar-refractivity contribution in [2.45, 2.75) is 25.7 Å². The van der Waals surface area contributed by atoms with Crippen LogP contribution < -0.4 is 5.32 Å². The van der Waals surface area contributed by atoms with E-state index >= 15 is 0 Å². The summed E-state index contributed by atoms with van der Waals surface area (Å²) in [4.78, 5) is 32.4. The van der Waals surface area contributed by atoms with Crippen molar-refractivity contribution in [2.24, 2.45) is 0 Å². The summed E-state index contributed by atoms with van der Waals surface area (Å²) < 4.78 is 6.19.